The normalized spacial score (nSPS) is 11.6. The topological polar surface area (TPSA) is 49.4 Å². The lowest BCUT2D eigenvalue weighted by molar-refractivity contribution is -0.141. The van der Waals surface area contributed by atoms with Crippen LogP contribution in [0.25, 0.3) is 0 Å². The second-order valence-electron chi connectivity index (χ2n) is 8.49. The number of nitrogens with zero attached hydrogens (tertiary/aromatic N) is 1. The number of rotatable bonds is 11. The molecule has 0 fully saturated rings. The molecule has 3 aromatic rings. The molecule has 4 heteroatoms. The second kappa shape index (κ2) is 12.6. The van der Waals surface area contributed by atoms with Crippen LogP contribution in [0.1, 0.15) is 42.0 Å². The SMILES string of the molecule is CCCNC(=O)C(Cc1ccccc1)N(Cc1cccc(C)c1)C(=O)CCc1ccccc1. The third kappa shape index (κ3) is 7.60. The number of benzene rings is 3. The van der Waals surface area contributed by atoms with Crippen molar-refractivity contribution in [2.75, 3.05) is 6.54 Å². The van der Waals surface area contributed by atoms with Gasteiger partial charge in [-0.25, -0.2) is 0 Å². The Morgan fingerprint density at radius 2 is 1.48 bits per heavy atom. The van der Waals surface area contributed by atoms with Gasteiger partial charge in [0.25, 0.3) is 0 Å². The fourth-order valence-electron chi connectivity index (χ4n) is 3.97. The Bertz CT molecular complexity index is 1020. The summed E-state index contributed by atoms with van der Waals surface area (Å²) < 4.78 is 0. The van der Waals surface area contributed by atoms with Crippen LogP contribution in [0.4, 0.5) is 0 Å². The number of aryl methyl sites for hydroxylation is 2. The molecular weight excluding hydrogens is 408 g/mol. The predicted molar refractivity (Wildman–Crippen MR) is 134 cm³/mol. The number of nitrogens with one attached hydrogen (secondary N) is 1. The molecule has 0 spiro atoms. The van der Waals surface area contributed by atoms with Gasteiger partial charge in [0.2, 0.25) is 11.8 Å². The molecule has 3 rings (SSSR count). The molecule has 0 aliphatic rings. The second-order valence-corrected chi connectivity index (χ2v) is 8.49. The zero-order valence-electron chi connectivity index (χ0n) is 19.7. The molecule has 1 N–H and O–H groups in total. The molecule has 0 aliphatic carbocycles. The van der Waals surface area contributed by atoms with Gasteiger partial charge in [-0.05, 0) is 36.5 Å². The smallest absolute Gasteiger partial charge is 0.243 e. The van der Waals surface area contributed by atoms with E-state index in [9.17, 15) is 9.59 Å². The first kappa shape index (κ1) is 24.2. The van der Waals surface area contributed by atoms with Crippen LogP contribution in [-0.4, -0.2) is 29.3 Å². The minimum absolute atomic E-state index is 0.00654. The fourth-order valence-corrected chi connectivity index (χ4v) is 3.97. The Morgan fingerprint density at radius 1 is 0.848 bits per heavy atom. The zero-order valence-corrected chi connectivity index (χ0v) is 19.7. The minimum atomic E-state index is -0.567. The molecule has 2 amide bonds. The van der Waals surface area contributed by atoms with Gasteiger partial charge in [0.15, 0.2) is 0 Å². The van der Waals surface area contributed by atoms with Crippen LogP contribution in [0.2, 0.25) is 0 Å². The standard InChI is InChI=1S/C29H34N2O2/c1-3-19-30-29(33)27(21-25-14-8-5-9-15-25)31(22-26-16-10-11-23(2)20-26)28(32)18-17-24-12-6-4-7-13-24/h4-16,20,27H,3,17-19,21-22H2,1-2H3,(H,30,33). The lowest BCUT2D eigenvalue weighted by atomic mass is 10.0. The van der Waals surface area contributed by atoms with Gasteiger partial charge in [-0.2, -0.15) is 0 Å². The van der Waals surface area contributed by atoms with Crippen molar-refractivity contribution >= 4 is 11.8 Å². The van der Waals surface area contributed by atoms with E-state index in [1.54, 1.807) is 4.90 Å². The molecule has 0 heterocycles. The van der Waals surface area contributed by atoms with Crippen molar-refractivity contribution < 1.29 is 9.59 Å². The Hall–Kier alpha value is -3.40. The van der Waals surface area contributed by atoms with Gasteiger partial charge < -0.3 is 10.2 Å². The molecule has 1 unspecified atom stereocenters. The highest BCUT2D eigenvalue weighted by molar-refractivity contribution is 5.88. The molecule has 0 saturated heterocycles. The van der Waals surface area contributed by atoms with E-state index in [0.717, 1.165) is 28.7 Å². The van der Waals surface area contributed by atoms with Gasteiger partial charge >= 0.3 is 0 Å². The molecular formula is C29H34N2O2. The van der Waals surface area contributed by atoms with Crippen molar-refractivity contribution in [3.63, 3.8) is 0 Å². The molecule has 3 aromatic carbocycles. The maximum absolute atomic E-state index is 13.6. The lowest BCUT2D eigenvalue weighted by Gasteiger charge is -2.32. The summed E-state index contributed by atoms with van der Waals surface area (Å²) in [6.07, 6.45) is 2.35. The van der Waals surface area contributed by atoms with E-state index in [-0.39, 0.29) is 11.8 Å². The van der Waals surface area contributed by atoms with E-state index in [4.69, 9.17) is 0 Å². The highest BCUT2D eigenvalue weighted by Gasteiger charge is 2.30. The third-order valence-electron chi connectivity index (χ3n) is 5.73. The first-order valence-corrected chi connectivity index (χ1v) is 11.8. The summed E-state index contributed by atoms with van der Waals surface area (Å²) in [5.74, 6) is -0.102. The number of carbonyl (C=O) groups is 2. The zero-order chi connectivity index (χ0) is 23.5. The molecule has 1 atom stereocenters. The van der Waals surface area contributed by atoms with Gasteiger partial charge in [-0.1, -0.05) is 97.4 Å². The summed E-state index contributed by atoms with van der Waals surface area (Å²) >= 11 is 0. The van der Waals surface area contributed by atoms with E-state index in [0.29, 0.717) is 32.4 Å². The van der Waals surface area contributed by atoms with E-state index in [1.807, 2.05) is 92.7 Å². The number of amides is 2. The first-order chi connectivity index (χ1) is 16.1. The highest BCUT2D eigenvalue weighted by Crippen LogP contribution is 2.17. The molecule has 33 heavy (non-hydrogen) atoms. The van der Waals surface area contributed by atoms with Gasteiger partial charge in [0.05, 0.1) is 0 Å². The number of carbonyl (C=O) groups excluding carboxylic acids is 2. The minimum Gasteiger partial charge on any atom is -0.354 e. The Kier molecular flexibility index (Phi) is 9.25. The summed E-state index contributed by atoms with van der Waals surface area (Å²) in [6.45, 7) is 5.08. The quantitative estimate of drug-likeness (QED) is 0.449. The van der Waals surface area contributed by atoms with Gasteiger partial charge in [-0.3, -0.25) is 9.59 Å². The van der Waals surface area contributed by atoms with Crippen LogP contribution in [-0.2, 0) is 29.0 Å². The van der Waals surface area contributed by atoms with Crippen LogP contribution in [0.15, 0.2) is 84.9 Å². The fraction of sp³-hybridized carbons (Fsp3) is 0.310. The van der Waals surface area contributed by atoms with Crippen LogP contribution < -0.4 is 5.32 Å². The third-order valence-corrected chi connectivity index (χ3v) is 5.73. The lowest BCUT2D eigenvalue weighted by Crippen LogP contribution is -2.50. The van der Waals surface area contributed by atoms with Crippen molar-refractivity contribution in [2.24, 2.45) is 0 Å². The number of hydrogen-bond donors (Lipinski definition) is 1. The monoisotopic (exact) mass is 442 g/mol. The molecule has 4 nitrogen and oxygen atoms in total. The predicted octanol–water partition coefficient (Wildman–Crippen LogP) is 5.09. The summed E-state index contributed by atoms with van der Waals surface area (Å²) in [7, 11) is 0. The van der Waals surface area contributed by atoms with Crippen LogP contribution in [0.3, 0.4) is 0 Å². The maximum atomic E-state index is 13.6. The van der Waals surface area contributed by atoms with Crippen molar-refractivity contribution in [1.82, 2.24) is 10.2 Å². The van der Waals surface area contributed by atoms with Crippen LogP contribution in [0, 0.1) is 6.92 Å². The summed E-state index contributed by atoms with van der Waals surface area (Å²) in [5.41, 5.74) is 4.33. The average molecular weight is 443 g/mol. The average Bonchev–Trinajstić information content (AvgIpc) is 2.84. The van der Waals surface area contributed by atoms with E-state index < -0.39 is 6.04 Å². The Morgan fingerprint density at radius 3 is 2.12 bits per heavy atom. The van der Waals surface area contributed by atoms with Crippen molar-refractivity contribution in [2.45, 2.75) is 52.1 Å². The van der Waals surface area contributed by atoms with E-state index in [2.05, 4.69) is 11.4 Å². The Labute approximate surface area is 197 Å². The van der Waals surface area contributed by atoms with Gasteiger partial charge in [0, 0.05) is 25.9 Å². The van der Waals surface area contributed by atoms with Crippen LogP contribution in [0.5, 0.6) is 0 Å². The van der Waals surface area contributed by atoms with Crippen molar-refractivity contribution in [1.29, 1.82) is 0 Å². The Balaban J connectivity index is 1.88. The molecule has 0 saturated carbocycles. The maximum Gasteiger partial charge on any atom is 0.243 e. The first-order valence-electron chi connectivity index (χ1n) is 11.8. The molecule has 0 aromatic heterocycles. The van der Waals surface area contributed by atoms with Crippen molar-refractivity contribution in [3.8, 4) is 0 Å². The van der Waals surface area contributed by atoms with E-state index in [1.165, 1.54) is 0 Å². The van der Waals surface area contributed by atoms with Gasteiger partial charge in [-0.15, -0.1) is 0 Å². The molecule has 0 bridgehead atoms. The summed E-state index contributed by atoms with van der Waals surface area (Å²) in [6, 6.07) is 27.5. The van der Waals surface area contributed by atoms with Crippen molar-refractivity contribution in [3.05, 3.63) is 107 Å². The van der Waals surface area contributed by atoms with E-state index >= 15 is 0 Å². The van der Waals surface area contributed by atoms with Gasteiger partial charge in [0.1, 0.15) is 6.04 Å². The summed E-state index contributed by atoms with van der Waals surface area (Å²) in [5, 5.41) is 3.03. The largest absolute Gasteiger partial charge is 0.354 e. The molecule has 172 valence electrons. The van der Waals surface area contributed by atoms with Crippen LogP contribution >= 0.6 is 0 Å². The summed E-state index contributed by atoms with van der Waals surface area (Å²) in [4.78, 5) is 28.6. The highest BCUT2D eigenvalue weighted by atomic mass is 16.2. The molecule has 0 aliphatic heterocycles. The number of hydrogen-bond acceptors (Lipinski definition) is 2. The molecule has 0 radical (unpaired) electrons.